The van der Waals surface area contributed by atoms with E-state index in [4.69, 9.17) is 9.44 Å². The summed E-state index contributed by atoms with van der Waals surface area (Å²) in [5.74, 6) is 0.179. The van der Waals surface area contributed by atoms with E-state index in [2.05, 4.69) is 0 Å². The molecule has 3 nitrogen and oxygen atoms in total. The van der Waals surface area contributed by atoms with Gasteiger partial charge in [0.05, 0.1) is 0 Å². The van der Waals surface area contributed by atoms with Gasteiger partial charge in [-0.3, -0.25) is 4.79 Å². The van der Waals surface area contributed by atoms with E-state index in [0.717, 1.165) is 10.8 Å². The van der Waals surface area contributed by atoms with Crippen LogP contribution in [-0.4, -0.2) is 18.3 Å². The summed E-state index contributed by atoms with van der Waals surface area (Å²) in [4.78, 5) is 12.2. The summed E-state index contributed by atoms with van der Waals surface area (Å²) in [6, 6.07) is 16.1. The van der Waals surface area contributed by atoms with Crippen LogP contribution in [0.15, 0.2) is 59.0 Å². The Labute approximate surface area is 110 Å². The van der Waals surface area contributed by atoms with E-state index < -0.39 is 0 Å². The van der Waals surface area contributed by atoms with Crippen LogP contribution in [-0.2, 0) is 0 Å². The van der Waals surface area contributed by atoms with Crippen LogP contribution >= 0.6 is 0 Å². The maximum absolute atomic E-state index is 12.2. The van der Waals surface area contributed by atoms with Crippen LogP contribution in [0.3, 0.4) is 0 Å². The molecule has 2 aromatic carbocycles. The second-order valence-electron chi connectivity index (χ2n) is 4.34. The topological polar surface area (TPSA) is 50.4 Å². The van der Waals surface area contributed by atoms with Gasteiger partial charge in [-0.2, -0.15) is 0 Å². The molecule has 1 N–H and O–H groups in total. The molecule has 1 heterocycles. The fourth-order valence-electron chi connectivity index (χ4n) is 2.03. The fourth-order valence-corrected chi connectivity index (χ4v) is 2.03. The van der Waals surface area contributed by atoms with Crippen LogP contribution < -0.4 is 5.46 Å². The number of hydrogen-bond acceptors (Lipinski definition) is 3. The van der Waals surface area contributed by atoms with Crippen LogP contribution in [0.25, 0.3) is 11.0 Å². The zero-order valence-corrected chi connectivity index (χ0v) is 10.2. The second-order valence-corrected chi connectivity index (χ2v) is 4.34. The van der Waals surface area contributed by atoms with Gasteiger partial charge < -0.3 is 9.44 Å². The summed E-state index contributed by atoms with van der Waals surface area (Å²) in [7, 11) is -0.0247. The highest BCUT2D eigenvalue weighted by Gasteiger charge is 2.14. The van der Waals surface area contributed by atoms with Gasteiger partial charge in [0.25, 0.3) is 0 Å². The highest BCUT2D eigenvalue weighted by Crippen LogP contribution is 2.20. The molecule has 0 atom stereocenters. The molecule has 92 valence electrons. The van der Waals surface area contributed by atoms with Crippen molar-refractivity contribution in [1.29, 1.82) is 0 Å². The van der Waals surface area contributed by atoms with E-state index in [1.54, 1.807) is 30.3 Å². The summed E-state index contributed by atoms with van der Waals surface area (Å²) in [5.41, 5.74) is 2.05. The summed E-state index contributed by atoms with van der Waals surface area (Å²) >= 11 is 0. The largest absolute Gasteiger partial charge is 0.453 e. The molecule has 0 unspecified atom stereocenters. The van der Waals surface area contributed by atoms with Crippen LogP contribution in [0, 0.1) is 0 Å². The number of rotatable bonds is 3. The Kier molecular flexibility index (Phi) is 2.93. The minimum absolute atomic E-state index is 0.0247. The monoisotopic (exact) mass is 250 g/mol. The standard InChI is InChI=1S/C15H11BO3/c17-15(10-4-2-1-3-5-10)14-9-11-8-12(16-18)6-7-13(11)19-14/h1-9,16,18H. The van der Waals surface area contributed by atoms with Crippen molar-refractivity contribution in [2.75, 3.05) is 0 Å². The first-order chi connectivity index (χ1) is 9.28. The van der Waals surface area contributed by atoms with Gasteiger partial charge in [0.2, 0.25) is 5.78 Å². The first kappa shape index (κ1) is 11.7. The molecule has 0 spiro atoms. The third-order valence-electron chi connectivity index (χ3n) is 3.02. The lowest BCUT2D eigenvalue weighted by atomic mass is 9.88. The van der Waals surface area contributed by atoms with Gasteiger partial charge in [0.1, 0.15) is 5.58 Å². The zero-order chi connectivity index (χ0) is 13.2. The van der Waals surface area contributed by atoms with Gasteiger partial charge in [0, 0.05) is 10.9 Å². The van der Waals surface area contributed by atoms with Crippen molar-refractivity contribution >= 4 is 29.7 Å². The third kappa shape index (κ3) is 2.18. The van der Waals surface area contributed by atoms with E-state index in [-0.39, 0.29) is 13.3 Å². The Bertz CT molecular complexity index is 731. The summed E-state index contributed by atoms with van der Waals surface area (Å²) in [6.45, 7) is 0. The highest BCUT2D eigenvalue weighted by molar-refractivity contribution is 6.46. The van der Waals surface area contributed by atoms with Crippen molar-refractivity contribution in [3.63, 3.8) is 0 Å². The summed E-state index contributed by atoms with van der Waals surface area (Å²) < 4.78 is 5.55. The van der Waals surface area contributed by atoms with Crippen LogP contribution in [0.2, 0.25) is 0 Å². The molecule has 1 aromatic heterocycles. The predicted molar refractivity (Wildman–Crippen MR) is 75.1 cm³/mol. The van der Waals surface area contributed by atoms with Crippen LogP contribution in [0.4, 0.5) is 0 Å². The molecule has 0 aliphatic rings. The van der Waals surface area contributed by atoms with Gasteiger partial charge in [-0.25, -0.2) is 0 Å². The Morgan fingerprint density at radius 3 is 2.58 bits per heavy atom. The highest BCUT2D eigenvalue weighted by atomic mass is 16.3. The zero-order valence-electron chi connectivity index (χ0n) is 10.2. The Hall–Kier alpha value is -2.33. The first-order valence-electron chi connectivity index (χ1n) is 6.01. The third-order valence-corrected chi connectivity index (χ3v) is 3.02. The van der Waals surface area contributed by atoms with Crippen LogP contribution in [0.1, 0.15) is 16.1 Å². The SMILES string of the molecule is O=C(c1ccccc1)c1cc2cc(BO)ccc2o1. The van der Waals surface area contributed by atoms with Crippen molar-refractivity contribution in [3.8, 4) is 0 Å². The molecule has 0 radical (unpaired) electrons. The normalized spacial score (nSPS) is 10.6. The Morgan fingerprint density at radius 2 is 1.84 bits per heavy atom. The average molecular weight is 250 g/mol. The number of benzene rings is 2. The maximum atomic E-state index is 12.2. The Balaban J connectivity index is 2.04. The van der Waals surface area contributed by atoms with E-state index in [0.29, 0.717) is 16.9 Å². The maximum Gasteiger partial charge on any atom is 0.304 e. The average Bonchev–Trinajstić information content (AvgIpc) is 2.90. The van der Waals surface area contributed by atoms with E-state index in [9.17, 15) is 4.79 Å². The lowest BCUT2D eigenvalue weighted by molar-refractivity contribution is 0.101. The van der Waals surface area contributed by atoms with Gasteiger partial charge in [0.15, 0.2) is 5.76 Å². The number of carbonyl (C=O) groups is 1. The minimum atomic E-state index is -0.137. The first-order valence-corrected chi connectivity index (χ1v) is 6.01. The number of carbonyl (C=O) groups excluding carboxylic acids is 1. The molecule has 0 bridgehead atoms. The minimum Gasteiger partial charge on any atom is -0.453 e. The molecule has 0 amide bonds. The molecule has 0 aliphatic carbocycles. The van der Waals surface area contributed by atoms with E-state index >= 15 is 0 Å². The number of hydrogen-bond donors (Lipinski definition) is 1. The van der Waals surface area contributed by atoms with Gasteiger partial charge in [-0.15, -0.1) is 0 Å². The molecule has 4 heteroatoms. The van der Waals surface area contributed by atoms with Crippen molar-refractivity contribution in [1.82, 2.24) is 0 Å². The van der Waals surface area contributed by atoms with Crippen molar-refractivity contribution in [2.24, 2.45) is 0 Å². The second kappa shape index (κ2) is 4.74. The number of furan rings is 1. The quantitative estimate of drug-likeness (QED) is 0.567. The molecule has 0 aliphatic heterocycles. The smallest absolute Gasteiger partial charge is 0.304 e. The molecule has 0 saturated carbocycles. The summed E-state index contributed by atoms with van der Waals surface area (Å²) in [5, 5.41) is 9.92. The van der Waals surface area contributed by atoms with Crippen molar-refractivity contribution in [3.05, 3.63) is 65.9 Å². The molecule has 3 rings (SSSR count). The Morgan fingerprint density at radius 1 is 1.05 bits per heavy atom. The van der Waals surface area contributed by atoms with E-state index in [1.165, 1.54) is 0 Å². The van der Waals surface area contributed by atoms with E-state index in [1.807, 2.05) is 24.3 Å². The fraction of sp³-hybridized carbons (Fsp3) is 0. The van der Waals surface area contributed by atoms with Crippen molar-refractivity contribution < 1.29 is 14.2 Å². The molecular formula is C15H11BO3. The number of ketones is 1. The molecule has 19 heavy (non-hydrogen) atoms. The van der Waals surface area contributed by atoms with Gasteiger partial charge >= 0.3 is 7.48 Å². The number of fused-ring (bicyclic) bond motifs is 1. The van der Waals surface area contributed by atoms with Crippen LogP contribution in [0.5, 0.6) is 0 Å². The van der Waals surface area contributed by atoms with Gasteiger partial charge in [-0.05, 0) is 12.1 Å². The van der Waals surface area contributed by atoms with Gasteiger partial charge in [-0.1, -0.05) is 47.9 Å². The molecular weight excluding hydrogens is 239 g/mol. The lowest BCUT2D eigenvalue weighted by Gasteiger charge is -1.95. The van der Waals surface area contributed by atoms with Crippen molar-refractivity contribution in [2.45, 2.75) is 0 Å². The molecule has 0 fully saturated rings. The lowest BCUT2D eigenvalue weighted by Crippen LogP contribution is -2.11. The molecule has 0 saturated heterocycles. The predicted octanol–water partition coefficient (Wildman–Crippen LogP) is 1.63. The molecule has 3 aromatic rings. The summed E-state index contributed by atoms with van der Waals surface area (Å²) in [6.07, 6.45) is 0.